The zero-order valence-electron chi connectivity index (χ0n) is 10.2. The van der Waals surface area contributed by atoms with Gasteiger partial charge in [0.2, 0.25) is 0 Å². The third kappa shape index (κ3) is 2.39. The fraction of sp³-hybridized carbons (Fsp3) is 0.133. The van der Waals surface area contributed by atoms with Crippen LogP contribution in [0.25, 0.3) is 11.1 Å². The van der Waals surface area contributed by atoms with E-state index in [0.717, 1.165) is 22.3 Å². The summed E-state index contributed by atoms with van der Waals surface area (Å²) in [6.07, 6.45) is 0. The number of aromatic carboxylic acids is 1. The van der Waals surface area contributed by atoms with Crippen molar-refractivity contribution in [3.63, 3.8) is 0 Å². The van der Waals surface area contributed by atoms with Crippen LogP contribution in [0.3, 0.4) is 0 Å². The lowest BCUT2D eigenvalue weighted by molar-refractivity contribution is 0.0696. The second kappa shape index (κ2) is 4.83. The lowest BCUT2D eigenvalue weighted by atomic mass is 9.95. The van der Waals surface area contributed by atoms with Crippen LogP contribution in [0.5, 0.6) is 0 Å². The molecule has 0 aliphatic heterocycles. The monoisotopic (exact) mass is 260 g/mol. The summed E-state index contributed by atoms with van der Waals surface area (Å²) in [6.45, 7) is 3.77. The zero-order chi connectivity index (χ0) is 13.3. The van der Waals surface area contributed by atoms with Crippen molar-refractivity contribution in [2.75, 3.05) is 0 Å². The molecule has 0 atom stereocenters. The van der Waals surface area contributed by atoms with Crippen molar-refractivity contribution in [2.24, 2.45) is 0 Å². The highest BCUT2D eigenvalue weighted by atomic mass is 35.5. The Kier molecular flexibility index (Phi) is 3.39. The van der Waals surface area contributed by atoms with E-state index in [1.165, 1.54) is 0 Å². The van der Waals surface area contributed by atoms with E-state index in [0.29, 0.717) is 10.6 Å². The molecule has 0 bridgehead atoms. The lowest BCUT2D eigenvalue weighted by Gasteiger charge is -2.10. The van der Waals surface area contributed by atoms with Crippen molar-refractivity contribution in [3.8, 4) is 11.1 Å². The molecular formula is C15H13ClO2. The van der Waals surface area contributed by atoms with Gasteiger partial charge < -0.3 is 5.11 Å². The Labute approximate surface area is 111 Å². The summed E-state index contributed by atoms with van der Waals surface area (Å²) in [6, 6.07) is 11.0. The molecule has 2 rings (SSSR count). The SMILES string of the molecule is Cc1cc(C)c(-c2cccc(Cl)c2)cc1C(=O)O. The molecule has 0 amide bonds. The van der Waals surface area contributed by atoms with Crippen molar-refractivity contribution in [1.29, 1.82) is 0 Å². The van der Waals surface area contributed by atoms with Crippen LogP contribution in [0, 0.1) is 13.8 Å². The molecule has 2 nitrogen and oxygen atoms in total. The molecule has 2 aromatic rings. The van der Waals surface area contributed by atoms with E-state index < -0.39 is 5.97 Å². The molecular weight excluding hydrogens is 248 g/mol. The maximum absolute atomic E-state index is 11.2. The van der Waals surface area contributed by atoms with E-state index >= 15 is 0 Å². The largest absolute Gasteiger partial charge is 0.478 e. The fourth-order valence-electron chi connectivity index (χ4n) is 2.05. The number of rotatable bonds is 2. The molecule has 0 radical (unpaired) electrons. The van der Waals surface area contributed by atoms with Crippen LogP contribution < -0.4 is 0 Å². The van der Waals surface area contributed by atoms with Crippen molar-refractivity contribution >= 4 is 17.6 Å². The minimum atomic E-state index is -0.907. The first kappa shape index (κ1) is 12.7. The van der Waals surface area contributed by atoms with Crippen molar-refractivity contribution in [2.45, 2.75) is 13.8 Å². The average Bonchev–Trinajstić information content (AvgIpc) is 2.28. The van der Waals surface area contributed by atoms with Crippen molar-refractivity contribution in [3.05, 3.63) is 58.1 Å². The molecule has 0 aliphatic rings. The Bertz CT molecular complexity index is 618. The van der Waals surface area contributed by atoms with Crippen LogP contribution in [0.15, 0.2) is 36.4 Å². The number of halogens is 1. The zero-order valence-corrected chi connectivity index (χ0v) is 11.0. The van der Waals surface area contributed by atoms with Gasteiger partial charge in [0, 0.05) is 5.02 Å². The molecule has 3 heteroatoms. The van der Waals surface area contributed by atoms with Gasteiger partial charge in [0.15, 0.2) is 0 Å². The number of benzene rings is 2. The number of hydrogen-bond donors (Lipinski definition) is 1. The van der Waals surface area contributed by atoms with Crippen molar-refractivity contribution < 1.29 is 9.90 Å². The third-order valence-electron chi connectivity index (χ3n) is 2.94. The Morgan fingerprint density at radius 2 is 1.83 bits per heavy atom. The highest BCUT2D eigenvalue weighted by molar-refractivity contribution is 6.30. The number of carboxylic acid groups (broad SMARTS) is 1. The average molecular weight is 261 g/mol. The predicted octanol–water partition coefficient (Wildman–Crippen LogP) is 4.32. The van der Waals surface area contributed by atoms with E-state index in [9.17, 15) is 4.79 Å². The molecule has 0 saturated heterocycles. The van der Waals surface area contributed by atoms with Gasteiger partial charge in [-0.25, -0.2) is 4.79 Å². The number of aryl methyl sites for hydroxylation is 2. The van der Waals surface area contributed by atoms with E-state index in [-0.39, 0.29) is 0 Å². The second-order valence-corrected chi connectivity index (χ2v) is 4.73. The van der Waals surface area contributed by atoms with Crippen LogP contribution in [-0.4, -0.2) is 11.1 Å². The molecule has 0 unspecified atom stereocenters. The van der Waals surface area contributed by atoms with Crippen LogP contribution in [-0.2, 0) is 0 Å². The molecule has 0 spiro atoms. The van der Waals surface area contributed by atoms with Crippen LogP contribution in [0.2, 0.25) is 5.02 Å². The van der Waals surface area contributed by atoms with Gasteiger partial charge in [-0.2, -0.15) is 0 Å². The number of carboxylic acids is 1. The first-order valence-electron chi connectivity index (χ1n) is 5.59. The lowest BCUT2D eigenvalue weighted by Crippen LogP contribution is -2.01. The van der Waals surface area contributed by atoms with Gasteiger partial charge in [-0.15, -0.1) is 0 Å². The Hall–Kier alpha value is -1.80. The fourth-order valence-corrected chi connectivity index (χ4v) is 2.24. The number of carbonyl (C=O) groups is 1. The normalized spacial score (nSPS) is 10.4. The standard InChI is InChI=1S/C15H13ClO2/c1-9-6-10(2)14(15(17)18)8-13(9)11-4-3-5-12(16)7-11/h3-8H,1-2H3,(H,17,18). The summed E-state index contributed by atoms with van der Waals surface area (Å²) in [7, 11) is 0. The van der Waals surface area contributed by atoms with Crippen LogP contribution in [0.4, 0.5) is 0 Å². The first-order valence-corrected chi connectivity index (χ1v) is 5.97. The summed E-state index contributed by atoms with van der Waals surface area (Å²) in [5.74, 6) is -0.907. The quantitative estimate of drug-likeness (QED) is 0.873. The minimum Gasteiger partial charge on any atom is -0.478 e. The topological polar surface area (TPSA) is 37.3 Å². The summed E-state index contributed by atoms with van der Waals surface area (Å²) in [5.41, 5.74) is 3.98. The summed E-state index contributed by atoms with van der Waals surface area (Å²) in [4.78, 5) is 11.2. The Morgan fingerprint density at radius 3 is 2.44 bits per heavy atom. The second-order valence-electron chi connectivity index (χ2n) is 4.30. The van der Waals surface area contributed by atoms with Gasteiger partial charge in [-0.3, -0.25) is 0 Å². The Morgan fingerprint density at radius 1 is 1.11 bits per heavy atom. The van der Waals surface area contributed by atoms with Gasteiger partial charge in [-0.1, -0.05) is 29.8 Å². The van der Waals surface area contributed by atoms with Gasteiger partial charge >= 0.3 is 5.97 Å². The smallest absolute Gasteiger partial charge is 0.335 e. The summed E-state index contributed by atoms with van der Waals surface area (Å²) in [5, 5.41) is 9.80. The maximum atomic E-state index is 11.2. The van der Waals surface area contributed by atoms with Gasteiger partial charge in [-0.05, 0) is 54.3 Å². The molecule has 0 aliphatic carbocycles. The molecule has 0 heterocycles. The van der Waals surface area contributed by atoms with E-state index in [1.54, 1.807) is 19.1 Å². The highest BCUT2D eigenvalue weighted by Crippen LogP contribution is 2.28. The molecule has 0 aromatic heterocycles. The van der Waals surface area contributed by atoms with Gasteiger partial charge in [0.1, 0.15) is 0 Å². The van der Waals surface area contributed by atoms with Crippen LogP contribution in [0.1, 0.15) is 21.5 Å². The van der Waals surface area contributed by atoms with E-state index in [1.807, 2.05) is 31.2 Å². The molecule has 2 aromatic carbocycles. The van der Waals surface area contributed by atoms with E-state index in [4.69, 9.17) is 16.7 Å². The summed E-state index contributed by atoms with van der Waals surface area (Å²) < 4.78 is 0. The molecule has 92 valence electrons. The van der Waals surface area contributed by atoms with Gasteiger partial charge in [0.05, 0.1) is 5.56 Å². The van der Waals surface area contributed by atoms with Crippen LogP contribution >= 0.6 is 11.6 Å². The molecule has 18 heavy (non-hydrogen) atoms. The predicted molar refractivity (Wildman–Crippen MR) is 73.3 cm³/mol. The maximum Gasteiger partial charge on any atom is 0.335 e. The summed E-state index contributed by atoms with van der Waals surface area (Å²) >= 11 is 5.96. The Balaban J connectivity index is 2.64. The minimum absolute atomic E-state index is 0.329. The first-order chi connectivity index (χ1) is 8.49. The number of hydrogen-bond acceptors (Lipinski definition) is 1. The van der Waals surface area contributed by atoms with Gasteiger partial charge in [0.25, 0.3) is 0 Å². The van der Waals surface area contributed by atoms with E-state index in [2.05, 4.69) is 0 Å². The molecule has 0 fully saturated rings. The third-order valence-corrected chi connectivity index (χ3v) is 3.17. The molecule has 0 saturated carbocycles. The van der Waals surface area contributed by atoms with Crippen molar-refractivity contribution in [1.82, 2.24) is 0 Å². The molecule has 1 N–H and O–H groups in total. The highest BCUT2D eigenvalue weighted by Gasteiger charge is 2.11.